The lowest BCUT2D eigenvalue weighted by atomic mass is 9.97. The van der Waals surface area contributed by atoms with Crippen LogP contribution < -0.4 is 5.32 Å². The summed E-state index contributed by atoms with van der Waals surface area (Å²) in [6.07, 6.45) is 4.50. The highest BCUT2D eigenvalue weighted by Gasteiger charge is 2.46. The van der Waals surface area contributed by atoms with E-state index in [1.807, 2.05) is 48.6 Å². The highest BCUT2D eigenvalue weighted by Crippen LogP contribution is 2.41. The zero-order valence-electron chi connectivity index (χ0n) is 14.4. The SMILES string of the molecule is C=CCN[C@@H](CC=C)[C@H]1COC(c2ccccc2)(c2ccccc2)O1. The van der Waals surface area contributed by atoms with Crippen LogP contribution in [-0.4, -0.2) is 25.3 Å². The Morgan fingerprint density at radius 1 is 1.00 bits per heavy atom. The fourth-order valence-electron chi connectivity index (χ4n) is 3.24. The van der Waals surface area contributed by atoms with Gasteiger partial charge < -0.3 is 14.8 Å². The van der Waals surface area contributed by atoms with Crippen LogP contribution in [0.5, 0.6) is 0 Å². The van der Waals surface area contributed by atoms with Crippen molar-refractivity contribution in [2.45, 2.75) is 24.4 Å². The van der Waals surface area contributed by atoms with Gasteiger partial charge in [-0.1, -0.05) is 72.8 Å². The van der Waals surface area contributed by atoms with Crippen molar-refractivity contribution in [2.24, 2.45) is 0 Å². The molecule has 0 unspecified atom stereocenters. The Labute approximate surface area is 150 Å². The van der Waals surface area contributed by atoms with Crippen molar-refractivity contribution in [3.8, 4) is 0 Å². The Morgan fingerprint density at radius 2 is 1.60 bits per heavy atom. The third-order valence-electron chi connectivity index (χ3n) is 4.47. The summed E-state index contributed by atoms with van der Waals surface area (Å²) in [7, 11) is 0. The van der Waals surface area contributed by atoms with E-state index < -0.39 is 5.79 Å². The quantitative estimate of drug-likeness (QED) is 0.739. The van der Waals surface area contributed by atoms with Crippen LogP contribution in [0.4, 0.5) is 0 Å². The number of hydrogen-bond donors (Lipinski definition) is 1. The third kappa shape index (κ3) is 3.74. The van der Waals surface area contributed by atoms with Crippen LogP contribution in [0.25, 0.3) is 0 Å². The molecular formula is C22H25NO2. The van der Waals surface area contributed by atoms with Gasteiger partial charge in [0.1, 0.15) is 6.10 Å². The molecule has 3 rings (SSSR count). The molecular weight excluding hydrogens is 310 g/mol. The van der Waals surface area contributed by atoms with E-state index >= 15 is 0 Å². The molecule has 3 nitrogen and oxygen atoms in total. The number of benzene rings is 2. The third-order valence-corrected chi connectivity index (χ3v) is 4.47. The van der Waals surface area contributed by atoms with E-state index in [4.69, 9.17) is 9.47 Å². The maximum atomic E-state index is 6.57. The molecule has 0 bridgehead atoms. The van der Waals surface area contributed by atoms with E-state index in [0.717, 1.165) is 24.1 Å². The molecule has 0 amide bonds. The number of rotatable bonds is 8. The van der Waals surface area contributed by atoms with E-state index in [1.165, 1.54) is 0 Å². The highest BCUT2D eigenvalue weighted by atomic mass is 16.7. The smallest absolute Gasteiger partial charge is 0.222 e. The zero-order valence-corrected chi connectivity index (χ0v) is 14.4. The van der Waals surface area contributed by atoms with E-state index in [2.05, 4.69) is 42.7 Å². The first-order valence-electron chi connectivity index (χ1n) is 8.68. The molecule has 0 aromatic heterocycles. The fraction of sp³-hybridized carbons (Fsp3) is 0.273. The van der Waals surface area contributed by atoms with E-state index in [9.17, 15) is 0 Å². The second-order valence-electron chi connectivity index (χ2n) is 6.14. The summed E-state index contributed by atoms with van der Waals surface area (Å²) in [6, 6.07) is 20.4. The van der Waals surface area contributed by atoms with Crippen molar-refractivity contribution in [1.82, 2.24) is 5.32 Å². The molecule has 1 aliphatic heterocycles. The van der Waals surface area contributed by atoms with Crippen LogP contribution in [0.15, 0.2) is 86.0 Å². The van der Waals surface area contributed by atoms with Gasteiger partial charge >= 0.3 is 0 Å². The first-order valence-corrected chi connectivity index (χ1v) is 8.68. The lowest BCUT2D eigenvalue weighted by Crippen LogP contribution is -2.42. The molecule has 0 aliphatic carbocycles. The van der Waals surface area contributed by atoms with Gasteiger partial charge in [-0.15, -0.1) is 13.2 Å². The monoisotopic (exact) mass is 335 g/mol. The minimum Gasteiger partial charge on any atom is -0.339 e. The molecule has 0 saturated carbocycles. The van der Waals surface area contributed by atoms with Crippen LogP contribution >= 0.6 is 0 Å². The minimum absolute atomic E-state index is 0.0710. The van der Waals surface area contributed by atoms with Gasteiger partial charge in [0.25, 0.3) is 0 Å². The molecule has 2 aromatic carbocycles. The molecule has 1 heterocycles. The molecule has 1 aliphatic rings. The summed E-state index contributed by atoms with van der Waals surface area (Å²) < 4.78 is 12.9. The van der Waals surface area contributed by atoms with Gasteiger partial charge in [0.2, 0.25) is 5.79 Å². The van der Waals surface area contributed by atoms with Crippen LogP contribution in [0.2, 0.25) is 0 Å². The largest absolute Gasteiger partial charge is 0.339 e. The molecule has 1 N–H and O–H groups in total. The van der Waals surface area contributed by atoms with Crippen molar-refractivity contribution in [1.29, 1.82) is 0 Å². The summed E-state index contributed by atoms with van der Waals surface area (Å²) >= 11 is 0. The predicted molar refractivity (Wildman–Crippen MR) is 101 cm³/mol. The van der Waals surface area contributed by atoms with Crippen molar-refractivity contribution in [3.63, 3.8) is 0 Å². The normalized spacial score (nSPS) is 20.1. The van der Waals surface area contributed by atoms with Crippen LogP contribution in [0.1, 0.15) is 17.5 Å². The second kappa shape index (κ2) is 8.26. The Balaban J connectivity index is 1.92. The van der Waals surface area contributed by atoms with Gasteiger partial charge in [-0.3, -0.25) is 0 Å². The predicted octanol–water partition coefficient (Wildman–Crippen LogP) is 4.02. The lowest BCUT2D eigenvalue weighted by Gasteiger charge is -2.30. The zero-order chi connectivity index (χ0) is 17.5. The molecule has 0 spiro atoms. The number of ether oxygens (including phenoxy) is 2. The Kier molecular flexibility index (Phi) is 5.82. The highest BCUT2D eigenvalue weighted by molar-refractivity contribution is 5.34. The standard InChI is InChI=1S/C22H25NO2/c1-3-11-20(23-16-4-2)21-17-24-22(25-21,18-12-7-5-8-13-18)19-14-9-6-10-15-19/h3-10,12-15,20-21,23H,1-2,11,16-17H2/t20-,21+/m0/s1. The molecule has 3 heteroatoms. The van der Waals surface area contributed by atoms with Crippen molar-refractivity contribution in [2.75, 3.05) is 13.2 Å². The van der Waals surface area contributed by atoms with Gasteiger partial charge in [0.05, 0.1) is 6.61 Å². The summed E-state index contributed by atoms with van der Waals surface area (Å²) in [4.78, 5) is 0. The van der Waals surface area contributed by atoms with Crippen LogP contribution in [0.3, 0.4) is 0 Å². The van der Waals surface area contributed by atoms with Gasteiger partial charge in [0.15, 0.2) is 0 Å². The van der Waals surface area contributed by atoms with Crippen LogP contribution in [0, 0.1) is 0 Å². The molecule has 1 saturated heterocycles. The molecule has 2 atom stereocenters. The minimum atomic E-state index is -0.873. The second-order valence-corrected chi connectivity index (χ2v) is 6.14. The summed E-state index contributed by atoms with van der Waals surface area (Å²) in [5.41, 5.74) is 2.01. The van der Waals surface area contributed by atoms with Crippen molar-refractivity contribution >= 4 is 0 Å². The maximum absolute atomic E-state index is 6.57. The van der Waals surface area contributed by atoms with Gasteiger partial charge in [-0.25, -0.2) is 0 Å². The summed E-state index contributed by atoms with van der Waals surface area (Å²) in [6.45, 7) is 8.90. The van der Waals surface area contributed by atoms with Crippen LogP contribution in [-0.2, 0) is 15.3 Å². The Hall–Kier alpha value is -2.20. The molecule has 0 radical (unpaired) electrons. The number of hydrogen-bond acceptors (Lipinski definition) is 3. The van der Waals surface area contributed by atoms with E-state index in [-0.39, 0.29) is 12.1 Å². The topological polar surface area (TPSA) is 30.5 Å². The summed E-state index contributed by atoms with van der Waals surface area (Å²) in [5.74, 6) is -0.873. The Morgan fingerprint density at radius 3 is 2.12 bits per heavy atom. The van der Waals surface area contributed by atoms with Gasteiger partial charge in [-0.2, -0.15) is 0 Å². The van der Waals surface area contributed by atoms with E-state index in [0.29, 0.717) is 6.61 Å². The van der Waals surface area contributed by atoms with Crippen molar-refractivity contribution in [3.05, 3.63) is 97.1 Å². The van der Waals surface area contributed by atoms with E-state index in [1.54, 1.807) is 0 Å². The fourth-order valence-corrected chi connectivity index (χ4v) is 3.24. The molecule has 2 aromatic rings. The molecule has 25 heavy (non-hydrogen) atoms. The Bertz CT molecular complexity index is 644. The molecule has 130 valence electrons. The van der Waals surface area contributed by atoms with Gasteiger partial charge in [-0.05, 0) is 6.42 Å². The summed E-state index contributed by atoms with van der Waals surface area (Å²) in [5, 5.41) is 3.46. The maximum Gasteiger partial charge on any atom is 0.222 e. The molecule has 1 fully saturated rings. The number of nitrogens with one attached hydrogen (secondary N) is 1. The average molecular weight is 335 g/mol. The average Bonchev–Trinajstić information content (AvgIpc) is 3.13. The first kappa shape index (κ1) is 17.6. The van der Waals surface area contributed by atoms with Gasteiger partial charge in [0, 0.05) is 23.7 Å². The van der Waals surface area contributed by atoms with Crippen molar-refractivity contribution < 1.29 is 9.47 Å². The first-order chi connectivity index (χ1) is 12.3. The lowest BCUT2D eigenvalue weighted by molar-refractivity contribution is -0.145.